The summed E-state index contributed by atoms with van der Waals surface area (Å²) in [5, 5.41) is 0. The number of hydrogen-bond donors (Lipinski definition) is 0. The van der Waals surface area contributed by atoms with Crippen molar-refractivity contribution in [2.75, 3.05) is 26.2 Å². The number of benzene rings is 1. The summed E-state index contributed by atoms with van der Waals surface area (Å²) in [5.74, 6) is -0.276. The van der Waals surface area contributed by atoms with E-state index < -0.39 is 11.9 Å². The van der Waals surface area contributed by atoms with Gasteiger partial charge < -0.3 is 4.90 Å². The molecular formula is C19H20F3N3O. The highest BCUT2D eigenvalue weighted by atomic mass is 19.4. The molecule has 0 radical (unpaired) electrons. The Morgan fingerprint density at radius 3 is 2.35 bits per heavy atom. The maximum absolute atomic E-state index is 12.6. The van der Waals surface area contributed by atoms with Crippen LogP contribution in [-0.2, 0) is 12.7 Å². The predicted octanol–water partition coefficient (Wildman–Crippen LogP) is 3.37. The van der Waals surface area contributed by atoms with Gasteiger partial charge in [-0.05, 0) is 30.2 Å². The molecule has 1 fully saturated rings. The zero-order chi connectivity index (χ0) is 18.7. The van der Waals surface area contributed by atoms with Crippen molar-refractivity contribution in [3.63, 3.8) is 0 Å². The molecule has 0 saturated carbocycles. The summed E-state index contributed by atoms with van der Waals surface area (Å²) in [4.78, 5) is 19.8. The summed E-state index contributed by atoms with van der Waals surface area (Å²) < 4.78 is 37.7. The standard InChI is InChI=1S/C19H20F3N3O/c1-14-4-2-3-5-16(14)13-24-8-10-25(11-9-24)18(26)15-6-7-17(23-12-15)19(20,21)22/h2-7,12H,8-11,13H2,1H3. The zero-order valence-corrected chi connectivity index (χ0v) is 14.5. The first-order valence-corrected chi connectivity index (χ1v) is 8.44. The van der Waals surface area contributed by atoms with Gasteiger partial charge in [-0.2, -0.15) is 13.2 Å². The minimum absolute atomic E-state index is 0.186. The molecule has 7 heteroatoms. The number of rotatable bonds is 3. The molecule has 0 N–H and O–H groups in total. The minimum Gasteiger partial charge on any atom is -0.336 e. The van der Waals surface area contributed by atoms with Crippen LogP contribution in [0.1, 0.15) is 27.2 Å². The van der Waals surface area contributed by atoms with E-state index in [-0.39, 0.29) is 11.5 Å². The number of alkyl halides is 3. The first kappa shape index (κ1) is 18.4. The maximum Gasteiger partial charge on any atom is 0.433 e. The lowest BCUT2D eigenvalue weighted by atomic mass is 10.1. The highest BCUT2D eigenvalue weighted by molar-refractivity contribution is 5.94. The third-order valence-corrected chi connectivity index (χ3v) is 4.62. The Morgan fingerprint density at radius 1 is 1.08 bits per heavy atom. The van der Waals surface area contributed by atoms with Gasteiger partial charge in [0.25, 0.3) is 5.91 Å². The van der Waals surface area contributed by atoms with Crippen molar-refractivity contribution < 1.29 is 18.0 Å². The van der Waals surface area contributed by atoms with Gasteiger partial charge in [0, 0.05) is 38.9 Å². The molecule has 1 aliphatic heterocycles. The van der Waals surface area contributed by atoms with Crippen LogP contribution in [0.5, 0.6) is 0 Å². The second-order valence-electron chi connectivity index (χ2n) is 6.42. The Morgan fingerprint density at radius 2 is 1.77 bits per heavy atom. The number of amides is 1. The second-order valence-corrected chi connectivity index (χ2v) is 6.42. The van der Waals surface area contributed by atoms with E-state index in [1.165, 1.54) is 17.2 Å². The molecule has 138 valence electrons. The zero-order valence-electron chi connectivity index (χ0n) is 14.5. The molecule has 2 aromatic rings. The van der Waals surface area contributed by atoms with Crippen molar-refractivity contribution in [3.05, 3.63) is 65.0 Å². The molecule has 1 aromatic carbocycles. The highest BCUT2D eigenvalue weighted by Gasteiger charge is 2.32. The monoisotopic (exact) mass is 363 g/mol. The van der Waals surface area contributed by atoms with Crippen LogP contribution >= 0.6 is 0 Å². The number of hydrogen-bond acceptors (Lipinski definition) is 3. The third-order valence-electron chi connectivity index (χ3n) is 4.62. The number of halogens is 3. The van der Waals surface area contributed by atoms with Gasteiger partial charge in [-0.1, -0.05) is 24.3 Å². The average molecular weight is 363 g/mol. The fourth-order valence-electron chi connectivity index (χ4n) is 3.01. The second kappa shape index (κ2) is 7.45. The van der Waals surface area contributed by atoms with E-state index in [0.717, 1.165) is 31.9 Å². The Balaban J connectivity index is 1.57. The lowest BCUT2D eigenvalue weighted by Gasteiger charge is -2.35. The fraction of sp³-hybridized carbons (Fsp3) is 0.368. The first-order chi connectivity index (χ1) is 12.3. The molecule has 26 heavy (non-hydrogen) atoms. The molecule has 2 heterocycles. The fourth-order valence-corrected chi connectivity index (χ4v) is 3.01. The third kappa shape index (κ3) is 4.22. The minimum atomic E-state index is -4.50. The van der Waals surface area contributed by atoms with Crippen LogP contribution in [0.4, 0.5) is 13.2 Å². The molecule has 0 atom stereocenters. The van der Waals surface area contributed by atoms with Gasteiger partial charge in [-0.15, -0.1) is 0 Å². The maximum atomic E-state index is 12.6. The van der Waals surface area contributed by atoms with Gasteiger partial charge in [0.05, 0.1) is 5.56 Å². The summed E-state index contributed by atoms with van der Waals surface area (Å²) in [6, 6.07) is 10.2. The lowest BCUT2D eigenvalue weighted by Crippen LogP contribution is -2.48. The van der Waals surface area contributed by atoms with Gasteiger partial charge in [0.2, 0.25) is 0 Å². The van der Waals surface area contributed by atoms with Crippen LogP contribution in [0.3, 0.4) is 0 Å². The molecule has 4 nitrogen and oxygen atoms in total. The van der Waals surface area contributed by atoms with Crippen molar-refractivity contribution in [1.29, 1.82) is 0 Å². The van der Waals surface area contributed by atoms with Crippen LogP contribution in [-0.4, -0.2) is 46.9 Å². The largest absolute Gasteiger partial charge is 0.433 e. The highest BCUT2D eigenvalue weighted by Crippen LogP contribution is 2.27. The quantitative estimate of drug-likeness (QED) is 0.839. The summed E-state index contributed by atoms with van der Waals surface area (Å²) >= 11 is 0. The summed E-state index contributed by atoms with van der Waals surface area (Å²) in [5.41, 5.74) is 1.70. The molecule has 3 rings (SSSR count). The van der Waals surface area contributed by atoms with Crippen molar-refractivity contribution in [1.82, 2.24) is 14.8 Å². The molecule has 1 aliphatic rings. The molecule has 0 aliphatic carbocycles. The number of pyridine rings is 1. The summed E-state index contributed by atoms with van der Waals surface area (Å²) in [7, 11) is 0. The van der Waals surface area contributed by atoms with E-state index in [2.05, 4.69) is 28.9 Å². The van der Waals surface area contributed by atoms with E-state index in [9.17, 15) is 18.0 Å². The van der Waals surface area contributed by atoms with Crippen molar-refractivity contribution in [2.45, 2.75) is 19.6 Å². The Bertz CT molecular complexity index is 766. The Labute approximate surface area is 150 Å². The van der Waals surface area contributed by atoms with Gasteiger partial charge >= 0.3 is 6.18 Å². The molecule has 0 spiro atoms. The van der Waals surface area contributed by atoms with Crippen molar-refractivity contribution in [3.8, 4) is 0 Å². The van der Waals surface area contributed by atoms with Crippen molar-refractivity contribution in [2.24, 2.45) is 0 Å². The smallest absolute Gasteiger partial charge is 0.336 e. The van der Waals surface area contributed by atoms with Gasteiger partial charge in [-0.25, -0.2) is 0 Å². The van der Waals surface area contributed by atoms with E-state index in [4.69, 9.17) is 0 Å². The van der Waals surface area contributed by atoms with Crippen LogP contribution in [0, 0.1) is 6.92 Å². The predicted molar refractivity (Wildman–Crippen MR) is 91.6 cm³/mol. The average Bonchev–Trinajstić information content (AvgIpc) is 2.63. The SMILES string of the molecule is Cc1ccccc1CN1CCN(C(=O)c2ccc(C(F)(F)F)nc2)CC1. The number of piperazine rings is 1. The summed E-state index contributed by atoms with van der Waals surface area (Å²) in [6.45, 7) is 5.46. The van der Waals surface area contributed by atoms with Gasteiger partial charge in [-0.3, -0.25) is 14.7 Å². The first-order valence-electron chi connectivity index (χ1n) is 8.44. The molecule has 0 unspecified atom stereocenters. The number of aryl methyl sites for hydroxylation is 1. The molecule has 1 amide bonds. The Kier molecular flexibility index (Phi) is 5.27. The normalized spacial score (nSPS) is 15.9. The summed E-state index contributed by atoms with van der Waals surface area (Å²) in [6.07, 6.45) is -3.49. The van der Waals surface area contributed by atoms with Crippen LogP contribution in [0.25, 0.3) is 0 Å². The molecule has 1 aromatic heterocycles. The number of aromatic nitrogens is 1. The van der Waals surface area contributed by atoms with Crippen LogP contribution in [0.15, 0.2) is 42.6 Å². The van der Waals surface area contributed by atoms with Crippen LogP contribution in [0.2, 0.25) is 0 Å². The van der Waals surface area contributed by atoms with Crippen LogP contribution < -0.4 is 0 Å². The molecular weight excluding hydrogens is 343 g/mol. The number of carbonyl (C=O) groups is 1. The van der Waals surface area contributed by atoms with Gasteiger partial charge in [0.1, 0.15) is 5.69 Å². The van der Waals surface area contributed by atoms with Crippen molar-refractivity contribution >= 4 is 5.91 Å². The topological polar surface area (TPSA) is 36.4 Å². The van der Waals surface area contributed by atoms with E-state index >= 15 is 0 Å². The van der Waals surface area contributed by atoms with E-state index in [1.54, 1.807) is 4.90 Å². The molecule has 1 saturated heterocycles. The van der Waals surface area contributed by atoms with Gasteiger partial charge in [0.15, 0.2) is 0 Å². The Hall–Kier alpha value is -2.41. The lowest BCUT2D eigenvalue weighted by molar-refractivity contribution is -0.141. The number of nitrogens with zero attached hydrogens (tertiary/aromatic N) is 3. The number of carbonyl (C=O) groups excluding carboxylic acids is 1. The molecule has 0 bridgehead atoms. The van der Waals surface area contributed by atoms with E-state index in [0.29, 0.717) is 13.1 Å². The van der Waals surface area contributed by atoms with E-state index in [1.807, 2.05) is 12.1 Å².